The maximum Gasteiger partial charge on any atom is 0.334 e. The van der Waals surface area contributed by atoms with Gasteiger partial charge in [0.15, 0.2) is 0 Å². The summed E-state index contributed by atoms with van der Waals surface area (Å²) in [4.78, 5) is 11.3. The third kappa shape index (κ3) is 4.04. The van der Waals surface area contributed by atoms with Gasteiger partial charge in [-0.15, -0.1) is 0 Å². The normalized spacial score (nSPS) is 35.7. The molecular weight excluding hydrogens is 357 g/mol. The minimum atomic E-state index is -0.999. The van der Waals surface area contributed by atoms with Crippen LogP contribution in [0.3, 0.4) is 0 Å². The van der Waals surface area contributed by atoms with Crippen LogP contribution in [0.25, 0.3) is 0 Å². The number of halogens is 1. The van der Waals surface area contributed by atoms with E-state index in [9.17, 15) is 4.79 Å². The molecule has 0 spiro atoms. The zero-order valence-electron chi connectivity index (χ0n) is 12.0. The Morgan fingerprint density at radius 1 is 1.32 bits per heavy atom. The van der Waals surface area contributed by atoms with Crippen molar-refractivity contribution >= 4 is 5.97 Å². The number of piperidine rings is 2. The molecule has 0 bridgehead atoms. The van der Waals surface area contributed by atoms with Crippen molar-refractivity contribution < 1.29 is 43.1 Å². The summed E-state index contributed by atoms with van der Waals surface area (Å²) in [5, 5.41) is 9.16. The monoisotopic (exact) mass is 383 g/mol. The molecule has 0 radical (unpaired) electrons. The van der Waals surface area contributed by atoms with E-state index in [0.29, 0.717) is 18.6 Å². The van der Waals surface area contributed by atoms with Crippen LogP contribution in [0.5, 0.6) is 0 Å². The lowest BCUT2D eigenvalue weighted by molar-refractivity contribution is -0.947. The average Bonchev–Trinajstić information content (AvgIpc) is 2.34. The van der Waals surface area contributed by atoms with Crippen LogP contribution in [-0.2, 0) is 9.53 Å². The largest absolute Gasteiger partial charge is 1.00 e. The number of ether oxygens (including phenoxy) is 1. The summed E-state index contributed by atoms with van der Waals surface area (Å²) >= 11 is 0. The SMILES string of the molecule is CC(O)C(=O)OCC1CCC[N+]2(C)CCCCC12.[I-]. The Kier molecular flexibility index (Phi) is 6.53. The number of hydrogen-bond acceptors (Lipinski definition) is 3. The standard InChI is InChI=1S/C14H26NO3.HI/c1-11(16)14(17)18-10-12-6-5-9-15(2)8-4-3-7-13(12)15;/h11-13,16H,3-10H2,1-2H3;1H/q+1;/p-1. The van der Waals surface area contributed by atoms with Crippen molar-refractivity contribution in [2.75, 3.05) is 26.7 Å². The molecule has 0 amide bonds. The Labute approximate surface area is 133 Å². The highest BCUT2D eigenvalue weighted by Gasteiger charge is 2.43. The van der Waals surface area contributed by atoms with Gasteiger partial charge in [-0.1, -0.05) is 0 Å². The number of quaternary nitrogens is 1. The second-order valence-electron chi connectivity index (χ2n) is 6.20. The van der Waals surface area contributed by atoms with Crippen LogP contribution in [0.4, 0.5) is 0 Å². The number of carbonyl (C=O) groups excluding carboxylic acids is 1. The summed E-state index contributed by atoms with van der Waals surface area (Å²) in [6, 6.07) is 0.647. The highest BCUT2D eigenvalue weighted by Crippen LogP contribution is 2.36. The zero-order valence-corrected chi connectivity index (χ0v) is 14.1. The Morgan fingerprint density at radius 2 is 2.00 bits per heavy atom. The second-order valence-corrected chi connectivity index (χ2v) is 6.20. The predicted molar refractivity (Wildman–Crippen MR) is 68.9 cm³/mol. The highest BCUT2D eigenvalue weighted by molar-refractivity contribution is 5.73. The number of rotatable bonds is 3. The van der Waals surface area contributed by atoms with E-state index in [4.69, 9.17) is 9.84 Å². The van der Waals surface area contributed by atoms with Gasteiger partial charge < -0.3 is 38.3 Å². The number of fused-ring (bicyclic) bond motifs is 1. The number of esters is 1. The van der Waals surface area contributed by atoms with Crippen molar-refractivity contribution in [1.29, 1.82) is 0 Å². The van der Waals surface area contributed by atoms with Crippen LogP contribution in [-0.4, -0.2) is 54.4 Å². The molecule has 2 rings (SSSR count). The van der Waals surface area contributed by atoms with E-state index in [1.54, 1.807) is 0 Å². The molecule has 0 aliphatic carbocycles. The molecule has 4 nitrogen and oxygen atoms in total. The highest BCUT2D eigenvalue weighted by atomic mass is 127. The molecular formula is C14H26INO3. The first-order valence-corrected chi connectivity index (χ1v) is 7.22. The average molecular weight is 383 g/mol. The lowest BCUT2D eigenvalue weighted by Gasteiger charge is -2.51. The fraction of sp³-hybridized carbons (Fsp3) is 0.929. The summed E-state index contributed by atoms with van der Waals surface area (Å²) in [6.45, 7) is 4.49. The smallest absolute Gasteiger partial charge is 0.334 e. The molecule has 2 heterocycles. The van der Waals surface area contributed by atoms with Crippen molar-refractivity contribution in [3.8, 4) is 0 Å². The molecule has 4 unspecified atom stereocenters. The number of carbonyl (C=O) groups is 1. The minimum Gasteiger partial charge on any atom is -1.00 e. The van der Waals surface area contributed by atoms with E-state index >= 15 is 0 Å². The van der Waals surface area contributed by atoms with E-state index in [2.05, 4.69) is 7.05 Å². The van der Waals surface area contributed by atoms with Gasteiger partial charge in [0, 0.05) is 12.3 Å². The summed E-state index contributed by atoms with van der Waals surface area (Å²) in [5.74, 6) is -0.00247. The topological polar surface area (TPSA) is 46.5 Å². The van der Waals surface area contributed by atoms with Crippen molar-refractivity contribution in [3.05, 3.63) is 0 Å². The molecule has 2 aliphatic rings. The summed E-state index contributed by atoms with van der Waals surface area (Å²) < 4.78 is 6.40. The van der Waals surface area contributed by atoms with Gasteiger partial charge in [0.2, 0.25) is 0 Å². The van der Waals surface area contributed by atoms with Crippen LogP contribution >= 0.6 is 0 Å². The van der Waals surface area contributed by atoms with Gasteiger partial charge in [-0.3, -0.25) is 0 Å². The molecule has 4 atom stereocenters. The molecule has 0 aromatic carbocycles. The first kappa shape index (κ1) is 17.2. The van der Waals surface area contributed by atoms with Gasteiger partial charge >= 0.3 is 5.97 Å². The van der Waals surface area contributed by atoms with E-state index in [-0.39, 0.29) is 24.0 Å². The zero-order chi connectivity index (χ0) is 13.2. The second kappa shape index (κ2) is 7.22. The molecule has 2 aliphatic heterocycles. The van der Waals surface area contributed by atoms with E-state index in [1.165, 1.54) is 45.7 Å². The predicted octanol–water partition coefficient (Wildman–Crippen LogP) is -1.68. The lowest BCUT2D eigenvalue weighted by atomic mass is 9.82. The third-order valence-electron chi connectivity index (χ3n) is 4.79. The van der Waals surface area contributed by atoms with Crippen molar-refractivity contribution in [2.24, 2.45) is 5.92 Å². The van der Waals surface area contributed by atoms with Crippen LogP contribution in [0.2, 0.25) is 0 Å². The van der Waals surface area contributed by atoms with E-state index in [1.807, 2.05) is 0 Å². The van der Waals surface area contributed by atoms with Gasteiger partial charge in [0.25, 0.3) is 0 Å². The summed E-state index contributed by atoms with van der Waals surface area (Å²) in [6.07, 6.45) is 5.27. The molecule has 5 heteroatoms. The maximum absolute atomic E-state index is 11.3. The molecule has 112 valence electrons. The Balaban J connectivity index is 0.00000180. The van der Waals surface area contributed by atoms with E-state index in [0.717, 1.165) is 10.9 Å². The number of aliphatic hydroxyl groups is 1. The molecule has 2 saturated heterocycles. The molecule has 0 aromatic heterocycles. The fourth-order valence-corrected chi connectivity index (χ4v) is 3.74. The van der Waals surface area contributed by atoms with Gasteiger partial charge in [-0.05, 0) is 32.6 Å². The Bertz CT molecular complexity index is 307. The van der Waals surface area contributed by atoms with Crippen molar-refractivity contribution in [3.63, 3.8) is 0 Å². The quantitative estimate of drug-likeness (QED) is 0.360. The van der Waals surface area contributed by atoms with E-state index < -0.39 is 12.1 Å². The minimum absolute atomic E-state index is 0. The van der Waals surface area contributed by atoms with Crippen LogP contribution in [0, 0.1) is 5.92 Å². The Hall–Kier alpha value is 0.120. The number of aliphatic hydroxyl groups excluding tert-OH is 1. The van der Waals surface area contributed by atoms with Crippen molar-refractivity contribution in [1.82, 2.24) is 0 Å². The molecule has 0 aromatic rings. The van der Waals surface area contributed by atoms with Crippen LogP contribution < -0.4 is 24.0 Å². The van der Waals surface area contributed by atoms with Gasteiger partial charge in [-0.2, -0.15) is 0 Å². The molecule has 0 saturated carbocycles. The van der Waals surface area contributed by atoms with Crippen LogP contribution in [0.15, 0.2) is 0 Å². The van der Waals surface area contributed by atoms with Crippen molar-refractivity contribution in [2.45, 2.75) is 51.2 Å². The summed E-state index contributed by atoms with van der Waals surface area (Å²) in [5.41, 5.74) is 0. The first-order valence-electron chi connectivity index (χ1n) is 7.22. The number of hydrogen-bond donors (Lipinski definition) is 1. The number of nitrogens with zero attached hydrogens (tertiary/aromatic N) is 1. The van der Waals surface area contributed by atoms with Gasteiger partial charge in [-0.25, -0.2) is 4.79 Å². The first-order chi connectivity index (χ1) is 8.53. The van der Waals surface area contributed by atoms with Gasteiger partial charge in [0.05, 0.1) is 32.8 Å². The maximum atomic E-state index is 11.3. The third-order valence-corrected chi connectivity index (χ3v) is 4.79. The molecule has 1 N–H and O–H groups in total. The summed E-state index contributed by atoms with van der Waals surface area (Å²) in [7, 11) is 2.35. The van der Waals surface area contributed by atoms with Gasteiger partial charge in [0.1, 0.15) is 6.10 Å². The molecule has 2 fully saturated rings. The lowest BCUT2D eigenvalue weighted by Crippen LogP contribution is -3.00. The van der Waals surface area contributed by atoms with Crippen LogP contribution in [0.1, 0.15) is 39.0 Å². The molecule has 19 heavy (non-hydrogen) atoms. The fourth-order valence-electron chi connectivity index (χ4n) is 3.74. The Morgan fingerprint density at radius 3 is 2.68 bits per heavy atom.